The molecule has 1 fully saturated rings. The Morgan fingerprint density at radius 2 is 2.07 bits per heavy atom. The van der Waals surface area contributed by atoms with Crippen molar-refractivity contribution in [3.8, 4) is 0 Å². The van der Waals surface area contributed by atoms with Gasteiger partial charge in [0.05, 0.1) is 6.10 Å². The van der Waals surface area contributed by atoms with Gasteiger partial charge >= 0.3 is 5.51 Å². The maximum atomic E-state index is 11.7. The summed E-state index contributed by atoms with van der Waals surface area (Å²) in [6.07, 6.45) is 2.11. The zero-order valence-corrected chi connectivity index (χ0v) is 8.75. The van der Waals surface area contributed by atoms with Crippen molar-refractivity contribution in [3.05, 3.63) is 0 Å². The van der Waals surface area contributed by atoms with Crippen molar-refractivity contribution >= 4 is 11.8 Å². The third-order valence-electron chi connectivity index (χ3n) is 2.23. The van der Waals surface area contributed by atoms with E-state index in [0.717, 1.165) is 12.8 Å². The highest BCUT2D eigenvalue weighted by molar-refractivity contribution is 8.00. The van der Waals surface area contributed by atoms with Crippen molar-refractivity contribution in [2.24, 2.45) is 0 Å². The van der Waals surface area contributed by atoms with Crippen LogP contribution in [-0.4, -0.2) is 37.1 Å². The van der Waals surface area contributed by atoms with E-state index in [1.54, 1.807) is 7.11 Å². The summed E-state index contributed by atoms with van der Waals surface area (Å²) in [6.45, 7) is 0.408. The Kier molecular flexibility index (Phi) is 4.53. The van der Waals surface area contributed by atoms with Crippen molar-refractivity contribution < 1.29 is 17.9 Å². The van der Waals surface area contributed by atoms with Crippen LogP contribution in [0.25, 0.3) is 0 Å². The number of ether oxygens (including phenoxy) is 1. The lowest BCUT2D eigenvalue weighted by Gasteiger charge is -2.34. The molecule has 0 aromatic carbocycles. The Balaban J connectivity index is 1.91. The molecule has 84 valence electrons. The molecule has 1 aliphatic carbocycles. The van der Waals surface area contributed by atoms with Gasteiger partial charge < -0.3 is 10.1 Å². The minimum atomic E-state index is -4.10. The Morgan fingerprint density at radius 1 is 1.43 bits per heavy atom. The fraction of sp³-hybridized carbons (Fsp3) is 1.00. The molecule has 0 saturated heterocycles. The average molecular weight is 229 g/mol. The van der Waals surface area contributed by atoms with E-state index in [9.17, 15) is 13.2 Å². The zero-order valence-electron chi connectivity index (χ0n) is 7.93. The first kappa shape index (κ1) is 12.1. The van der Waals surface area contributed by atoms with Crippen LogP contribution < -0.4 is 5.32 Å². The van der Waals surface area contributed by atoms with Gasteiger partial charge in [-0.1, -0.05) is 0 Å². The third kappa shape index (κ3) is 4.52. The molecular formula is C8H14F3NOS. The van der Waals surface area contributed by atoms with E-state index in [4.69, 9.17) is 4.74 Å². The normalized spacial score (nSPS) is 27.4. The van der Waals surface area contributed by atoms with E-state index < -0.39 is 5.51 Å². The van der Waals surface area contributed by atoms with Gasteiger partial charge in [0.2, 0.25) is 0 Å². The van der Waals surface area contributed by atoms with Gasteiger partial charge in [-0.2, -0.15) is 13.2 Å². The molecule has 0 spiro atoms. The van der Waals surface area contributed by atoms with Crippen LogP contribution in [0.15, 0.2) is 0 Å². The number of rotatable bonds is 5. The SMILES string of the molecule is COC1CC(NCCSC(F)(F)F)C1. The predicted molar refractivity (Wildman–Crippen MR) is 50.3 cm³/mol. The summed E-state index contributed by atoms with van der Waals surface area (Å²) >= 11 is 0.0229. The predicted octanol–water partition coefficient (Wildman–Crippen LogP) is 2.01. The largest absolute Gasteiger partial charge is 0.441 e. The Bertz CT molecular complexity index is 170. The molecule has 0 bridgehead atoms. The second kappa shape index (κ2) is 5.23. The zero-order chi connectivity index (χ0) is 10.6. The van der Waals surface area contributed by atoms with Gasteiger partial charge in [-0.15, -0.1) is 0 Å². The van der Waals surface area contributed by atoms with Crippen molar-refractivity contribution in [1.82, 2.24) is 5.32 Å². The Morgan fingerprint density at radius 3 is 2.57 bits per heavy atom. The van der Waals surface area contributed by atoms with E-state index in [0.29, 0.717) is 18.7 Å². The molecule has 0 aromatic rings. The number of halogens is 3. The summed E-state index contributed by atoms with van der Waals surface area (Å²) < 4.78 is 40.2. The molecule has 1 aliphatic rings. The standard InChI is InChI=1S/C8H14F3NOS/c1-13-7-4-6(5-7)12-2-3-14-8(9,10)11/h6-7,12H,2-5H2,1H3. The third-order valence-corrected chi connectivity index (χ3v) is 2.96. The lowest BCUT2D eigenvalue weighted by atomic mass is 9.89. The van der Waals surface area contributed by atoms with E-state index in [1.807, 2.05) is 0 Å². The number of thioether (sulfide) groups is 1. The van der Waals surface area contributed by atoms with Gasteiger partial charge in [0.15, 0.2) is 0 Å². The van der Waals surface area contributed by atoms with Gasteiger partial charge in [0.25, 0.3) is 0 Å². The highest BCUT2D eigenvalue weighted by Gasteiger charge is 2.30. The molecule has 0 aliphatic heterocycles. The lowest BCUT2D eigenvalue weighted by molar-refractivity contribution is -0.0328. The van der Waals surface area contributed by atoms with Crippen molar-refractivity contribution in [3.63, 3.8) is 0 Å². The van der Waals surface area contributed by atoms with Gasteiger partial charge in [-0.05, 0) is 24.6 Å². The average Bonchev–Trinajstić information content (AvgIpc) is 1.98. The van der Waals surface area contributed by atoms with Crippen LogP contribution in [0.5, 0.6) is 0 Å². The summed E-state index contributed by atoms with van der Waals surface area (Å²) in [5.41, 5.74) is -4.10. The Hall–Kier alpha value is 0.0600. The molecule has 0 heterocycles. The minimum Gasteiger partial charge on any atom is -0.381 e. The van der Waals surface area contributed by atoms with Gasteiger partial charge in [0, 0.05) is 25.4 Å². The molecular weight excluding hydrogens is 215 g/mol. The fourth-order valence-corrected chi connectivity index (χ4v) is 1.81. The number of methoxy groups -OCH3 is 1. The molecule has 0 amide bonds. The highest BCUT2D eigenvalue weighted by Crippen LogP contribution is 2.29. The van der Waals surface area contributed by atoms with Crippen molar-refractivity contribution in [2.45, 2.75) is 30.5 Å². The summed E-state index contributed by atoms with van der Waals surface area (Å²) in [6, 6.07) is 0.341. The summed E-state index contributed by atoms with van der Waals surface area (Å²) in [4.78, 5) is 0. The van der Waals surface area contributed by atoms with Crippen LogP contribution in [0.2, 0.25) is 0 Å². The van der Waals surface area contributed by atoms with Gasteiger partial charge in [-0.25, -0.2) is 0 Å². The van der Waals surface area contributed by atoms with E-state index in [2.05, 4.69) is 5.32 Å². The fourth-order valence-electron chi connectivity index (χ4n) is 1.35. The molecule has 1 rings (SSSR count). The first-order chi connectivity index (χ1) is 6.51. The topological polar surface area (TPSA) is 21.3 Å². The summed E-state index contributed by atoms with van der Waals surface area (Å²) in [5, 5.41) is 3.06. The number of hydrogen-bond donors (Lipinski definition) is 1. The lowest BCUT2D eigenvalue weighted by Crippen LogP contribution is -2.45. The molecule has 1 saturated carbocycles. The van der Waals surface area contributed by atoms with E-state index in [1.165, 1.54) is 0 Å². The molecule has 0 unspecified atom stereocenters. The second-order valence-electron chi connectivity index (χ2n) is 3.27. The van der Waals surface area contributed by atoms with Gasteiger partial charge in [-0.3, -0.25) is 0 Å². The number of alkyl halides is 3. The summed E-state index contributed by atoms with van der Waals surface area (Å²) in [5.74, 6) is 0.0810. The molecule has 1 N–H and O–H groups in total. The molecule has 6 heteroatoms. The number of hydrogen-bond acceptors (Lipinski definition) is 3. The molecule has 14 heavy (non-hydrogen) atoms. The molecule has 0 aromatic heterocycles. The van der Waals surface area contributed by atoms with E-state index >= 15 is 0 Å². The van der Waals surface area contributed by atoms with E-state index in [-0.39, 0.29) is 17.5 Å². The second-order valence-corrected chi connectivity index (χ2v) is 4.43. The first-order valence-electron chi connectivity index (χ1n) is 4.48. The smallest absolute Gasteiger partial charge is 0.381 e. The van der Waals surface area contributed by atoms with Crippen molar-refractivity contribution in [1.29, 1.82) is 0 Å². The summed E-state index contributed by atoms with van der Waals surface area (Å²) in [7, 11) is 1.65. The first-order valence-corrected chi connectivity index (χ1v) is 5.46. The molecule has 0 atom stereocenters. The van der Waals surface area contributed by atoms with Crippen LogP contribution >= 0.6 is 11.8 Å². The van der Waals surface area contributed by atoms with Crippen LogP contribution in [0.1, 0.15) is 12.8 Å². The minimum absolute atomic E-state index is 0.0229. The quantitative estimate of drug-likeness (QED) is 0.729. The van der Waals surface area contributed by atoms with Crippen molar-refractivity contribution in [2.75, 3.05) is 19.4 Å². The van der Waals surface area contributed by atoms with Crippen LogP contribution in [-0.2, 0) is 4.74 Å². The highest BCUT2D eigenvalue weighted by atomic mass is 32.2. The van der Waals surface area contributed by atoms with Gasteiger partial charge in [0.1, 0.15) is 0 Å². The number of nitrogens with one attached hydrogen (secondary N) is 1. The maximum Gasteiger partial charge on any atom is 0.441 e. The van der Waals surface area contributed by atoms with Crippen LogP contribution in [0.3, 0.4) is 0 Å². The maximum absolute atomic E-state index is 11.7. The molecule has 0 radical (unpaired) electrons. The van der Waals surface area contributed by atoms with Crippen LogP contribution in [0.4, 0.5) is 13.2 Å². The Labute approximate surface area is 85.6 Å². The molecule has 2 nitrogen and oxygen atoms in total. The monoisotopic (exact) mass is 229 g/mol. The van der Waals surface area contributed by atoms with Crippen LogP contribution in [0, 0.1) is 0 Å².